The minimum atomic E-state index is 0. The van der Waals surface area contributed by atoms with E-state index in [1.807, 2.05) is 7.05 Å². The number of hydrogen-bond donors (Lipinski definition) is 2. The molecule has 1 fully saturated rings. The molecule has 0 aromatic heterocycles. The molecule has 0 saturated carbocycles. The molecule has 0 aromatic carbocycles. The van der Waals surface area contributed by atoms with Gasteiger partial charge >= 0.3 is 0 Å². The van der Waals surface area contributed by atoms with Crippen LogP contribution in [0.5, 0.6) is 0 Å². The minimum Gasteiger partial charge on any atom is -0.381 e. The maximum absolute atomic E-state index is 5.58. The molecule has 0 radical (unpaired) electrons. The predicted molar refractivity (Wildman–Crippen MR) is 115 cm³/mol. The topological polar surface area (TPSA) is 48.9 Å². The molecule has 1 rings (SSSR count). The average molecular weight is 454 g/mol. The second-order valence-corrected chi connectivity index (χ2v) is 6.75. The van der Waals surface area contributed by atoms with E-state index in [0.29, 0.717) is 12.0 Å². The second kappa shape index (κ2) is 15.2. The second-order valence-electron chi connectivity index (χ2n) is 6.75. The lowest BCUT2D eigenvalue weighted by atomic mass is 10.0. The summed E-state index contributed by atoms with van der Waals surface area (Å²) in [6.45, 7) is 12.9. The van der Waals surface area contributed by atoms with Crippen molar-refractivity contribution in [3.63, 3.8) is 0 Å². The Bertz CT molecular complexity index is 320. The van der Waals surface area contributed by atoms with Crippen molar-refractivity contribution in [3.8, 4) is 0 Å². The van der Waals surface area contributed by atoms with Gasteiger partial charge in [-0.1, -0.05) is 27.2 Å². The van der Waals surface area contributed by atoms with Gasteiger partial charge in [0.15, 0.2) is 5.96 Å². The zero-order valence-corrected chi connectivity index (χ0v) is 18.5. The lowest BCUT2D eigenvalue weighted by molar-refractivity contribution is 0.129. The molecular formula is C18H39IN4O. The Morgan fingerprint density at radius 2 is 1.79 bits per heavy atom. The number of likely N-dealkylation sites (tertiary alicyclic amines) is 1. The van der Waals surface area contributed by atoms with Crippen LogP contribution >= 0.6 is 24.0 Å². The smallest absolute Gasteiger partial charge is 0.191 e. The first-order valence-corrected chi connectivity index (χ1v) is 9.45. The van der Waals surface area contributed by atoms with E-state index >= 15 is 0 Å². The Hall–Kier alpha value is -0.0800. The highest BCUT2D eigenvalue weighted by molar-refractivity contribution is 14.0. The molecular weight excluding hydrogens is 415 g/mol. The summed E-state index contributed by atoms with van der Waals surface area (Å²) in [6.07, 6.45) is 6.05. The molecule has 0 aromatic rings. The molecule has 6 heteroatoms. The number of halogens is 1. The first-order chi connectivity index (χ1) is 11.2. The van der Waals surface area contributed by atoms with Gasteiger partial charge in [-0.3, -0.25) is 9.89 Å². The van der Waals surface area contributed by atoms with Gasteiger partial charge in [0.2, 0.25) is 0 Å². The number of hydrogen-bond acceptors (Lipinski definition) is 3. The summed E-state index contributed by atoms with van der Waals surface area (Å²) in [5.41, 5.74) is 0. The fraction of sp³-hybridized carbons (Fsp3) is 0.944. The van der Waals surface area contributed by atoms with Crippen molar-refractivity contribution in [3.05, 3.63) is 0 Å². The summed E-state index contributed by atoms with van der Waals surface area (Å²) in [5, 5.41) is 6.88. The van der Waals surface area contributed by atoms with E-state index in [0.717, 1.165) is 45.1 Å². The van der Waals surface area contributed by atoms with Crippen LogP contribution in [0.4, 0.5) is 0 Å². The first kappa shape index (κ1) is 23.9. The third-order valence-corrected chi connectivity index (χ3v) is 4.48. The van der Waals surface area contributed by atoms with Crippen LogP contribution in [0.1, 0.15) is 52.9 Å². The van der Waals surface area contributed by atoms with E-state index in [4.69, 9.17) is 4.74 Å². The van der Waals surface area contributed by atoms with Gasteiger partial charge in [0, 0.05) is 39.4 Å². The summed E-state index contributed by atoms with van der Waals surface area (Å²) in [5.74, 6) is 1.56. The number of rotatable bonds is 11. The van der Waals surface area contributed by atoms with Crippen molar-refractivity contribution in [2.75, 3.05) is 46.4 Å². The normalized spacial score (nSPS) is 17.0. The fourth-order valence-corrected chi connectivity index (χ4v) is 3.01. The van der Waals surface area contributed by atoms with Crippen molar-refractivity contribution in [2.45, 2.75) is 58.9 Å². The highest BCUT2D eigenvalue weighted by atomic mass is 127. The molecule has 1 aliphatic heterocycles. The zero-order chi connectivity index (χ0) is 16.9. The number of aliphatic imine (C=N–C) groups is 1. The van der Waals surface area contributed by atoms with Crippen LogP contribution in [0, 0.1) is 5.92 Å². The van der Waals surface area contributed by atoms with Crippen LogP contribution < -0.4 is 10.6 Å². The fourth-order valence-electron chi connectivity index (χ4n) is 3.01. The Morgan fingerprint density at radius 3 is 2.38 bits per heavy atom. The predicted octanol–water partition coefficient (Wildman–Crippen LogP) is 3.10. The van der Waals surface area contributed by atoms with Gasteiger partial charge in [0.25, 0.3) is 0 Å². The maximum Gasteiger partial charge on any atom is 0.191 e. The molecule has 0 bridgehead atoms. The molecule has 0 amide bonds. The largest absolute Gasteiger partial charge is 0.381 e. The molecule has 24 heavy (non-hydrogen) atoms. The van der Waals surface area contributed by atoms with Crippen LogP contribution in [0.3, 0.4) is 0 Å². The first-order valence-electron chi connectivity index (χ1n) is 9.45. The van der Waals surface area contributed by atoms with E-state index in [1.165, 1.54) is 32.4 Å². The van der Waals surface area contributed by atoms with Gasteiger partial charge in [-0.2, -0.15) is 0 Å². The van der Waals surface area contributed by atoms with Gasteiger partial charge in [-0.15, -0.1) is 24.0 Å². The number of unbranched alkanes of at least 4 members (excludes halogenated alkanes) is 1. The Labute approximate surface area is 166 Å². The van der Waals surface area contributed by atoms with Crippen molar-refractivity contribution in [1.82, 2.24) is 15.5 Å². The molecule has 1 atom stereocenters. The van der Waals surface area contributed by atoms with Crippen molar-refractivity contribution in [1.29, 1.82) is 0 Å². The summed E-state index contributed by atoms with van der Waals surface area (Å²) >= 11 is 0. The molecule has 2 N–H and O–H groups in total. The van der Waals surface area contributed by atoms with Gasteiger partial charge in [0.1, 0.15) is 0 Å². The molecule has 0 spiro atoms. The van der Waals surface area contributed by atoms with Crippen LogP contribution in [0.15, 0.2) is 4.99 Å². The number of guanidine groups is 1. The Kier molecular flexibility index (Phi) is 15.1. The van der Waals surface area contributed by atoms with Gasteiger partial charge in [0.05, 0.1) is 0 Å². The molecule has 1 heterocycles. The monoisotopic (exact) mass is 454 g/mol. The van der Waals surface area contributed by atoms with E-state index in [-0.39, 0.29) is 24.0 Å². The van der Waals surface area contributed by atoms with Crippen LogP contribution in [0.25, 0.3) is 0 Å². The number of nitrogens with one attached hydrogen (secondary N) is 2. The number of ether oxygens (including phenoxy) is 1. The van der Waals surface area contributed by atoms with E-state index in [2.05, 4.69) is 41.3 Å². The van der Waals surface area contributed by atoms with E-state index in [9.17, 15) is 0 Å². The standard InChI is InChI=1S/C18H38N4O.HI/c1-5-6-13-23-14-9-10-20-18(19-4)21-15-17(16(2)3)22-11-7-8-12-22;/h16-17H,5-15H2,1-4H3,(H2,19,20,21);1H. The Balaban J connectivity index is 0.00000529. The van der Waals surface area contributed by atoms with Crippen LogP contribution in [-0.2, 0) is 4.74 Å². The number of nitrogens with zero attached hydrogens (tertiary/aromatic N) is 2. The van der Waals surface area contributed by atoms with E-state index in [1.54, 1.807) is 0 Å². The average Bonchev–Trinajstić information content (AvgIpc) is 3.06. The summed E-state index contributed by atoms with van der Waals surface area (Å²) in [6, 6.07) is 0.591. The minimum absolute atomic E-state index is 0. The SMILES string of the molecule is CCCCOCCCNC(=NC)NCC(C(C)C)N1CCCC1.I. The third-order valence-electron chi connectivity index (χ3n) is 4.48. The van der Waals surface area contributed by atoms with Crippen molar-refractivity contribution in [2.24, 2.45) is 10.9 Å². The molecule has 0 aliphatic carbocycles. The summed E-state index contributed by atoms with van der Waals surface area (Å²) in [7, 11) is 1.84. The van der Waals surface area contributed by atoms with Crippen molar-refractivity contribution >= 4 is 29.9 Å². The van der Waals surface area contributed by atoms with Crippen LogP contribution in [-0.4, -0.2) is 63.3 Å². The third kappa shape index (κ3) is 10.0. The molecule has 1 unspecified atom stereocenters. The van der Waals surface area contributed by atoms with Gasteiger partial charge in [-0.05, 0) is 44.7 Å². The molecule has 5 nitrogen and oxygen atoms in total. The van der Waals surface area contributed by atoms with Crippen molar-refractivity contribution < 1.29 is 4.74 Å². The molecule has 1 saturated heterocycles. The molecule has 1 aliphatic rings. The lowest BCUT2D eigenvalue weighted by Crippen LogP contribution is -2.48. The quantitative estimate of drug-likeness (QED) is 0.218. The van der Waals surface area contributed by atoms with E-state index < -0.39 is 0 Å². The highest BCUT2D eigenvalue weighted by Crippen LogP contribution is 2.16. The van der Waals surface area contributed by atoms with Crippen LogP contribution in [0.2, 0.25) is 0 Å². The lowest BCUT2D eigenvalue weighted by Gasteiger charge is -2.31. The summed E-state index contributed by atoms with van der Waals surface area (Å²) in [4.78, 5) is 6.95. The van der Waals surface area contributed by atoms with Gasteiger partial charge < -0.3 is 15.4 Å². The summed E-state index contributed by atoms with van der Waals surface area (Å²) < 4.78 is 5.58. The van der Waals surface area contributed by atoms with Gasteiger partial charge in [-0.25, -0.2) is 0 Å². The Morgan fingerprint density at radius 1 is 1.12 bits per heavy atom. The molecule has 144 valence electrons. The highest BCUT2D eigenvalue weighted by Gasteiger charge is 2.24. The zero-order valence-electron chi connectivity index (χ0n) is 16.1. The maximum atomic E-state index is 5.58.